The minimum atomic E-state index is -4.06. The molecular weight excluding hydrogens is 375 g/mol. The number of methoxy groups -OCH3 is 1. The number of halogens is 2. The number of amidine groups is 1. The lowest BCUT2D eigenvalue weighted by Gasteiger charge is -2.21. The van der Waals surface area contributed by atoms with Gasteiger partial charge in [-0.3, -0.25) is 5.32 Å². The van der Waals surface area contributed by atoms with E-state index in [1.165, 1.54) is 19.2 Å². The second-order valence-corrected chi connectivity index (χ2v) is 8.98. The third-order valence-corrected chi connectivity index (χ3v) is 6.02. The predicted molar refractivity (Wildman–Crippen MR) is 92.1 cm³/mol. The highest BCUT2D eigenvalue weighted by Gasteiger charge is 2.58. The van der Waals surface area contributed by atoms with Crippen LogP contribution in [0.1, 0.15) is 19.4 Å². The van der Waals surface area contributed by atoms with Gasteiger partial charge in [-0.15, -0.1) is 3.98 Å². The molecule has 1 aromatic rings. The standard InChI is InChI=1S/C15H18Cl2N2O4S/c1-9-5-7-10(8-6-9)24(21,22)19-11(14(20)23-4)15(2,3)18-13(19)12(16)17/h5-8,11-12H,1-4H3/p+1/t11-/m1/s1. The summed E-state index contributed by atoms with van der Waals surface area (Å²) in [5.41, 5.74) is -0.0301. The van der Waals surface area contributed by atoms with Crippen molar-refractivity contribution in [1.82, 2.24) is 5.32 Å². The molecule has 132 valence electrons. The molecule has 1 aliphatic rings. The summed E-state index contributed by atoms with van der Waals surface area (Å²) in [6, 6.07) is 5.16. The van der Waals surface area contributed by atoms with Crippen LogP contribution >= 0.6 is 23.2 Å². The molecule has 9 heteroatoms. The molecule has 1 aliphatic heterocycles. The van der Waals surface area contributed by atoms with Crippen molar-refractivity contribution in [2.24, 2.45) is 0 Å². The second-order valence-electron chi connectivity index (χ2n) is 6.07. The van der Waals surface area contributed by atoms with Crippen LogP contribution in [-0.2, 0) is 19.6 Å². The molecule has 1 N–H and O–H groups in total. The molecule has 0 unspecified atom stereocenters. The summed E-state index contributed by atoms with van der Waals surface area (Å²) < 4.78 is 32.0. The first kappa shape index (κ1) is 19.0. The van der Waals surface area contributed by atoms with Crippen molar-refractivity contribution in [2.75, 3.05) is 7.11 Å². The fraction of sp³-hybridized carbons (Fsp3) is 0.467. The van der Waals surface area contributed by atoms with Crippen molar-refractivity contribution >= 4 is 45.0 Å². The van der Waals surface area contributed by atoms with Crippen LogP contribution in [0.15, 0.2) is 29.2 Å². The van der Waals surface area contributed by atoms with Crippen LogP contribution in [0.2, 0.25) is 0 Å². The lowest BCUT2D eigenvalue weighted by molar-refractivity contribution is -0.403. The van der Waals surface area contributed by atoms with Gasteiger partial charge in [0.2, 0.25) is 4.84 Å². The Kier molecular flexibility index (Phi) is 5.18. The van der Waals surface area contributed by atoms with Gasteiger partial charge in [-0.1, -0.05) is 40.9 Å². The molecule has 1 aromatic carbocycles. The van der Waals surface area contributed by atoms with Crippen molar-refractivity contribution in [2.45, 2.75) is 42.1 Å². The Labute approximate surface area is 151 Å². The molecule has 1 atom stereocenters. The van der Waals surface area contributed by atoms with E-state index < -0.39 is 32.4 Å². The number of benzene rings is 1. The van der Waals surface area contributed by atoms with Crippen LogP contribution in [0.3, 0.4) is 0 Å². The molecule has 0 spiro atoms. The molecule has 24 heavy (non-hydrogen) atoms. The lowest BCUT2D eigenvalue weighted by Crippen LogP contribution is -2.52. The third-order valence-electron chi connectivity index (χ3n) is 3.81. The Morgan fingerprint density at radius 1 is 1.29 bits per heavy atom. The molecule has 1 heterocycles. The number of nitrogens with zero attached hydrogens (tertiary/aromatic N) is 1. The first-order valence-corrected chi connectivity index (χ1v) is 9.46. The largest absolute Gasteiger partial charge is 0.466 e. The Hall–Kier alpha value is -1.31. The number of sulfonamides is 1. The van der Waals surface area contributed by atoms with Gasteiger partial charge in [0, 0.05) is 0 Å². The van der Waals surface area contributed by atoms with Gasteiger partial charge in [0.1, 0.15) is 4.90 Å². The average molecular weight is 394 g/mol. The number of hydrogen-bond acceptors (Lipinski definition) is 5. The molecular formula is C15H19Cl2N2O4S+. The van der Waals surface area contributed by atoms with E-state index in [0.717, 1.165) is 9.54 Å². The summed E-state index contributed by atoms with van der Waals surface area (Å²) >= 11 is 11.9. The highest BCUT2D eigenvalue weighted by atomic mass is 35.5. The van der Waals surface area contributed by atoms with Crippen LogP contribution in [0.4, 0.5) is 0 Å². The molecule has 0 bridgehead atoms. The van der Waals surface area contributed by atoms with Crippen LogP contribution in [0.5, 0.6) is 0 Å². The van der Waals surface area contributed by atoms with E-state index in [1.807, 2.05) is 6.92 Å². The topological polar surface area (TPSA) is 75.5 Å². The van der Waals surface area contributed by atoms with Crippen LogP contribution in [0, 0.1) is 6.92 Å². The van der Waals surface area contributed by atoms with E-state index in [0.29, 0.717) is 0 Å². The van der Waals surface area contributed by atoms with Gasteiger partial charge in [0.05, 0.1) is 7.11 Å². The number of carbonyl (C=O) groups excluding carboxylic acids is 1. The van der Waals surface area contributed by atoms with E-state index in [2.05, 4.69) is 5.32 Å². The Morgan fingerprint density at radius 3 is 2.29 bits per heavy atom. The third kappa shape index (κ3) is 3.25. The summed E-state index contributed by atoms with van der Waals surface area (Å²) in [6.45, 7) is 5.20. The van der Waals surface area contributed by atoms with E-state index in [9.17, 15) is 13.2 Å². The van der Waals surface area contributed by atoms with Crippen LogP contribution < -0.4 is 5.32 Å². The van der Waals surface area contributed by atoms with Crippen LogP contribution in [0.25, 0.3) is 0 Å². The molecule has 0 saturated carbocycles. The fourth-order valence-electron chi connectivity index (χ4n) is 2.63. The predicted octanol–water partition coefficient (Wildman–Crippen LogP) is 1.82. The van der Waals surface area contributed by atoms with Crippen molar-refractivity contribution in [3.05, 3.63) is 29.8 Å². The van der Waals surface area contributed by atoms with E-state index in [1.54, 1.807) is 26.0 Å². The maximum absolute atomic E-state index is 13.1. The minimum absolute atomic E-state index is 0.0271. The number of carbonyl (C=O) groups is 1. The summed E-state index contributed by atoms with van der Waals surface area (Å²) in [5.74, 6) is -0.675. The van der Waals surface area contributed by atoms with Gasteiger partial charge in [0.15, 0.2) is 5.54 Å². The first-order valence-electron chi connectivity index (χ1n) is 7.14. The monoisotopic (exact) mass is 393 g/mol. The summed E-state index contributed by atoms with van der Waals surface area (Å²) in [6.07, 6.45) is 0. The molecule has 0 fully saturated rings. The average Bonchev–Trinajstić information content (AvgIpc) is 2.79. The van der Waals surface area contributed by atoms with Gasteiger partial charge >= 0.3 is 16.0 Å². The number of hydrogen-bond donors (Lipinski definition) is 1. The summed E-state index contributed by atoms with van der Waals surface area (Å²) in [5, 5.41) is 2.93. The zero-order valence-corrected chi connectivity index (χ0v) is 16.0. The van der Waals surface area contributed by atoms with Crippen molar-refractivity contribution in [3.63, 3.8) is 0 Å². The van der Waals surface area contributed by atoms with Crippen molar-refractivity contribution in [1.29, 1.82) is 0 Å². The minimum Gasteiger partial charge on any atom is -0.466 e. The number of esters is 1. The molecule has 0 radical (unpaired) electrons. The maximum Gasteiger partial charge on any atom is 0.357 e. The maximum atomic E-state index is 13.1. The normalized spacial score (nSPS) is 20.2. The molecule has 6 nitrogen and oxygen atoms in total. The first-order chi connectivity index (χ1) is 11.0. The van der Waals surface area contributed by atoms with Gasteiger partial charge in [-0.2, -0.15) is 8.42 Å². The van der Waals surface area contributed by atoms with Gasteiger partial charge in [-0.25, -0.2) is 4.79 Å². The van der Waals surface area contributed by atoms with Gasteiger partial charge < -0.3 is 4.74 Å². The van der Waals surface area contributed by atoms with Crippen molar-refractivity contribution in [3.8, 4) is 0 Å². The Bertz CT molecular complexity index is 786. The zero-order chi connectivity index (χ0) is 18.3. The number of nitrogens with one attached hydrogen (secondary N) is 1. The molecule has 0 saturated heterocycles. The molecule has 2 rings (SSSR count). The quantitative estimate of drug-likeness (QED) is 0.479. The molecule has 0 amide bonds. The number of rotatable bonds is 4. The lowest BCUT2D eigenvalue weighted by atomic mass is 9.97. The number of aryl methyl sites for hydroxylation is 1. The van der Waals surface area contributed by atoms with Gasteiger partial charge in [-0.05, 0) is 32.9 Å². The Morgan fingerprint density at radius 2 is 1.83 bits per heavy atom. The summed E-state index contributed by atoms with van der Waals surface area (Å²) in [7, 11) is -2.86. The van der Waals surface area contributed by atoms with E-state index in [-0.39, 0.29) is 10.7 Å². The zero-order valence-electron chi connectivity index (χ0n) is 13.7. The van der Waals surface area contributed by atoms with Crippen LogP contribution in [-0.4, -0.2) is 47.7 Å². The molecule has 0 aromatic heterocycles. The summed E-state index contributed by atoms with van der Waals surface area (Å²) in [4.78, 5) is 11.2. The number of ether oxygens (including phenoxy) is 1. The van der Waals surface area contributed by atoms with Crippen molar-refractivity contribution < 1.29 is 21.9 Å². The number of alkyl halides is 2. The second kappa shape index (κ2) is 6.54. The fourth-order valence-corrected chi connectivity index (χ4v) is 4.81. The van der Waals surface area contributed by atoms with Gasteiger partial charge in [0.25, 0.3) is 11.9 Å². The SMILES string of the molecule is COC(=O)[C@H]1[N+](S(=O)(=O)c2ccc(C)cc2)=C(C(Cl)Cl)NC1(C)C. The van der Waals surface area contributed by atoms with E-state index >= 15 is 0 Å². The molecule has 0 aliphatic carbocycles. The highest BCUT2D eigenvalue weighted by molar-refractivity contribution is 7.85. The highest BCUT2D eigenvalue weighted by Crippen LogP contribution is 2.28. The smallest absolute Gasteiger partial charge is 0.357 e. The van der Waals surface area contributed by atoms with E-state index in [4.69, 9.17) is 27.9 Å². The Balaban J connectivity index is 2.70.